The van der Waals surface area contributed by atoms with Gasteiger partial charge in [-0.05, 0) is 87.9 Å². The number of esters is 1. The van der Waals surface area contributed by atoms with Gasteiger partial charge in [-0.2, -0.15) is 0 Å². The van der Waals surface area contributed by atoms with E-state index in [9.17, 15) is 23.1 Å². The van der Waals surface area contributed by atoms with Crippen LogP contribution in [0.4, 0.5) is 14.9 Å². The SMILES string of the molecule is CCN(c1cc(F)cc(/C=C(\C)[C@H]2OC(=O)C[C@@H](O)CC[C@@H](C)[C@H](OC(=O)N3CCN(C)CC3)/C=C/[C@@H]2C)c1)C1CCN(S(C)(=O)=O)CC1. The van der Waals surface area contributed by atoms with Crippen molar-refractivity contribution in [3.8, 4) is 0 Å². The van der Waals surface area contributed by atoms with Gasteiger partial charge in [0.1, 0.15) is 18.0 Å². The summed E-state index contributed by atoms with van der Waals surface area (Å²) in [4.78, 5) is 32.1. The van der Waals surface area contributed by atoms with Gasteiger partial charge in [-0.25, -0.2) is 21.9 Å². The number of ether oxygens (including phenoxy) is 2. The fourth-order valence-electron chi connectivity index (χ4n) is 6.96. The molecule has 0 spiro atoms. The molecule has 3 heterocycles. The first kappa shape index (κ1) is 38.8. The molecule has 0 saturated carbocycles. The summed E-state index contributed by atoms with van der Waals surface area (Å²) in [7, 11) is -1.24. The Morgan fingerprint density at radius 2 is 1.73 bits per heavy atom. The molecule has 1 aromatic carbocycles. The topological polar surface area (TPSA) is 120 Å². The molecule has 2 saturated heterocycles. The first-order chi connectivity index (χ1) is 23.1. The smallest absolute Gasteiger partial charge is 0.410 e. The fourth-order valence-corrected chi connectivity index (χ4v) is 7.83. The zero-order valence-corrected chi connectivity index (χ0v) is 30.7. The quantitative estimate of drug-likeness (QED) is 0.323. The van der Waals surface area contributed by atoms with E-state index in [1.807, 2.05) is 59.0 Å². The molecule has 0 aromatic heterocycles. The number of benzene rings is 1. The number of carbonyl (C=O) groups is 2. The summed E-state index contributed by atoms with van der Waals surface area (Å²) in [6.45, 7) is 11.9. The number of halogens is 1. The number of rotatable bonds is 7. The van der Waals surface area contributed by atoms with Gasteiger partial charge in [0.05, 0.1) is 18.8 Å². The number of amides is 1. The largest absolute Gasteiger partial charge is 0.457 e. The highest BCUT2D eigenvalue weighted by atomic mass is 32.2. The molecule has 3 aliphatic rings. The van der Waals surface area contributed by atoms with Crippen molar-refractivity contribution >= 4 is 33.8 Å². The number of nitrogens with zero attached hydrogens (tertiary/aromatic N) is 4. The molecule has 2 fully saturated rings. The monoisotopic (exact) mass is 706 g/mol. The predicted octanol–water partition coefficient (Wildman–Crippen LogP) is 4.52. The molecule has 11 nitrogen and oxygen atoms in total. The van der Waals surface area contributed by atoms with E-state index >= 15 is 4.39 Å². The second-order valence-corrected chi connectivity index (χ2v) is 16.0. The van der Waals surface area contributed by atoms with Crippen LogP contribution in [0.2, 0.25) is 0 Å². The van der Waals surface area contributed by atoms with Gasteiger partial charge in [0.2, 0.25) is 10.0 Å². The molecule has 4 rings (SSSR count). The lowest BCUT2D eigenvalue weighted by molar-refractivity contribution is -0.151. The van der Waals surface area contributed by atoms with E-state index < -0.39 is 40.1 Å². The van der Waals surface area contributed by atoms with Crippen molar-refractivity contribution < 1.29 is 37.0 Å². The molecule has 0 bridgehead atoms. The van der Waals surface area contributed by atoms with Crippen LogP contribution in [0.1, 0.15) is 65.4 Å². The summed E-state index contributed by atoms with van der Waals surface area (Å²) in [5.41, 5.74) is 1.99. The first-order valence-corrected chi connectivity index (χ1v) is 19.4. The summed E-state index contributed by atoms with van der Waals surface area (Å²) in [6.07, 6.45) is 6.32. The number of carbonyl (C=O) groups excluding carboxylic acids is 2. The number of sulfonamides is 1. The number of cyclic esters (lactones) is 1. The van der Waals surface area contributed by atoms with E-state index in [1.54, 1.807) is 4.90 Å². The van der Waals surface area contributed by atoms with E-state index in [2.05, 4.69) is 9.80 Å². The third kappa shape index (κ3) is 11.0. The maximum Gasteiger partial charge on any atom is 0.410 e. The summed E-state index contributed by atoms with van der Waals surface area (Å²) in [6, 6.07) is 4.89. The molecule has 5 atom stereocenters. The number of hydrogen-bond donors (Lipinski definition) is 1. The molecule has 0 unspecified atom stereocenters. The zero-order chi connectivity index (χ0) is 35.9. The maximum absolute atomic E-state index is 15.1. The third-order valence-corrected chi connectivity index (χ3v) is 11.3. The molecule has 1 aromatic rings. The van der Waals surface area contributed by atoms with E-state index in [0.717, 1.165) is 13.1 Å². The first-order valence-electron chi connectivity index (χ1n) is 17.5. The van der Waals surface area contributed by atoms with Crippen LogP contribution < -0.4 is 4.90 Å². The summed E-state index contributed by atoms with van der Waals surface area (Å²) < 4.78 is 52.6. The van der Waals surface area contributed by atoms with E-state index in [-0.39, 0.29) is 30.4 Å². The van der Waals surface area contributed by atoms with Gasteiger partial charge in [-0.1, -0.05) is 26.0 Å². The number of hydrogen-bond acceptors (Lipinski definition) is 9. The van der Waals surface area contributed by atoms with Crippen molar-refractivity contribution in [3.63, 3.8) is 0 Å². The zero-order valence-electron chi connectivity index (χ0n) is 29.9. The highest BCUT2D eigenvalue weighted by Gasteiger charge is 2.31. The molecule has 13 heteroatoms. The maximum atomic E-state index is 15.1. The molecule has 3 aliphatic heterocycles. The van der Waals surface area contributed by atoms with Crippen molar-refractivity contribution in [1.29, 1.82) is 0 Å². The van der Waals surface area contributed by atoms with Gasteiger partial charge < -0.3 is 29.3 Å². The van der Waals surface area contributed by atoms with Gasteiger partial charge in [-0.3, -0.25) is 4.79 Å². The van der Waals surface area contributed by atoms with E-state index in [0.29, 0.717) is 75.2 Å². The van der Waals surface area contributed by atoms with E-state index in [1.165, 1.54) is 22.7 Å². The molecule has 0 aliphatic carbocycles. The number of piperidine rings is 1. The Hall–Kier alpha value is -3.00. The van der Waals surface area contributed by atoms with Crippen LogP contribution in [-0.2, 0) is 24.3 Å². The minimum absolute atomic E-state index is 0.0623. The highest BCUT2D eigenvalue weighted by Crippen LogP contribution is 2.29. The van der Waals surface area contributed by atoms with Crippen molar-refractivity contribution in [2.75, 3.05) is 64.0 Å². The van der Waals surface area contributed by atoms with Crippen molar-refractivity contribution in [2.45, 2.75) is 84.2 Å². The minimum Gasteiger partial charge on any atom is -0.457 e. The Morgan fingerprint density at radius 1 is 1.06 bits per heavy atom. The van der Waals surface area contributed by atoms with Gasteiger partial charge in [-0.15, -0.1) is 0 Å². The average Bonchev–Trinajstić information content (AvgIpc) is 3.04. The summed E-state index contributed by atoms with van der Waals surface area (Å²) >= 11 is 0. The highest BCUT2D eigenvalue weighted by molar-refractivity contribution is 7.88. The molecular weight excluding hydrogens is 651 g/mol. The molecule has 1 N–H and O–H groups in total. The lowest BCUT2D eigenvalue weighted by Gasteiger charge is -2.38. The molecule has 0 radical (unpaired) electrons. The van der Waals surface area contributed by atoms with Gasteiger partial charge in [0, 0.05) is 63.5 Å². The Kier molecular flexibility index (Phi) is 13.7. The number of likely N-dealkylation sites (N-methyl/N-ethyl adjacent to an activating group) is 1. The van der Waals surface area contributed by atoms with Crippen LogP contribution in [0, 0.1) is 17.7 Å². The second kappa shape index (κ2) is 17.3. The van der Waals surface area contributed by atoms with Gasteiger partial charge in [0.15, 0.2) is 0 Å². The number of aliphatic hydroxyl groups excluding tert-OH is 1. The summed E-state index contributed by atoms with van der Waals surface area (Å²) in [5, 5.41) is 10.7. The molecule has 274 valence electrons. The van der Waals surface area contributed by atoms with E-state index in [4.69, 9.17) is 9.47 Å². The van der Waals surface area contributed by atoms with Gasteiger partial charge >= 0.3 is 12.1 Å². The Balaban J connectivity index is 1.56. The lowest BCUT2D eigenvalue weighted by Crippen LogP contribution is -2.48. The summed E-state index contributed by atoms with van der Waals surface area (Å²) in [5.74, 6) is -1.34. The molecule has 1 amide bonds. The van der Waals surface area contributed by atoms with Crippen LogP contribution in [0.5, 0.6) is 0 Å². The number of aliphatic hydroxyl groups is 1. The average molecular weight is 707 g/mol. The third-order valence-electron chi connectivity index (χ3n) is 10.0. The Labute approximate surface area is 291 Å². The number of piperazine rings is 1. The van der Waals surface area contributed by atoms with Gasteiger partial charge in [0.25, 0.3) is 0 Å². The Bertz CT molecular complexity index is 1450. The molecular formula is C36H55FN4O7S. The second-order valence-electron chi connectivity index (χ2n) is 14.0. The van der Waals surface area contributed by atoms with Crippen molar-refractivity contribution in [1.82, 2.24) is 14.1 Å². The van der Waals surface area contributed by atoms with Crippen LogP contribution in [0.3, 0.4) is 0 Å². The normalized spacial score (nSPS) is 28.2. The lowest BCUT2D eigenvalue weighted by atomic mass is 9.91. The fraction of sp³-hybridized carbons (Fsp3) is 0.667. The van der Waals surface area contributed by atoms with Crippen LogP contribution in [0.15, 0.2) is 35.9 Å². The number of anilines is 1. The van der Waals surface area contributed by atoms with Crippen LogP contribution in [-0.4, -0.2) is 123 Å². The van der Waals surface area contributed by atoms with Crippen LogP contribution in [0.25, 0.3) is 6.08 Å². The van der Waals surface area contributed by atoms with Crippen molar-refractivity contribution in [2.24, 2.45) is 11.8 Å². The minimum atomic E-state index is -3.26. The van der Waals surface area contributed by atoms with Crippen LogP contribution >= 0.6 is 0 Å². The Morgan fingerprint density at radius 3 is 2.37 bits per heavy atom. The standard InChI is InChI=1S/C36H55FN4O7S/c1-7-41(30-12-14-40(15-13-30)49(6,45)46)31-22-28(21-29(37)23-31)20-27(4)35-26(3)9-11-33(25(2)8-10-32(42)24-34(43)48-35)47-36(44)39-18-16-38(5)17-19-39/h9,11,20-23,25-26,30,32-33,35,42H,7-8,10,12-19,24H2,1-6H3/b11-9+,27-20+/t25-,26+,32+,33-,35+/m1/s1. The van der Waals surface area contributed by atoms with Crippen molar-refractivity contribution in [3.05, 3.63) is 47.3 Å². The predicted molar refractivity (Wildman–Crippen MR) is 189 cm³/mol. The molecule has 49 heavy (non-hydrogen) atoms.